The molecular weight excluding hydrogens is 1540 g/mol. The van der Waals surface area contributed by atoms with Crippen LogP contribution in [0.15, 0.2) is 215 Å². The Morgan fingerprint density at radius 3 is 1.43 bits per heavy atom. The highest BCUT2D eigenvalue weighted by Crippen LogP contribution is 2.36. The lowest BCUT2D eigenvalue weighted by molar-refractivity contribution is 0.281. The fourth-order valence-corrected chi connectivity index (χ4v) is 18.6. The van der Waals surface area contributed by atoms with Crippen LogP contribution in [0.5, 0.6) is 5.75 Å². The predicted octanol–water partition coefficient (Wildman–Crippen LogP) is 24.0. The van der Waals surface area contributed by atoms with E-state index in [4.69, 9.17) is 4.74 Å². The van der Waals surface area contributed by atoms with E-state index >= 15 is 0 Å². The van der Waals surface area contributed by atoms with E-state index in [0.717, 1.165) is 76.1 Å². The molecule has 16 rings (SSSR count). The minimum absolute atomic E-state index is 0.0497. The summed E-state index contributed by atoms with van der Waals surface area (Å²) in [4.78, 5) is 29.7. The van der Waals surface area contributed by atoms with Gasteiger partial charge in [-0.15, -0.1) is 0 Å². The summed E-state index contributed by atoms with van der Waals surface area (Å²) in [5.74, 6) is 5.06. The Balaban J connectivity index is 0.000000149. The summed E-state index contributed by atoms with van der Waals surface area (Å²) in [5, 5.41) is 16.7. The van der Waals surface area contributed by atoms with E-state index in [2.05, 4.69) is 298 Å². The molecule has 8 aromatic heterocycles. The van der Waals surface area contributed by atoms with Gasteiger partial charge in [0, 0.05) is 84.0 Å². The van der Waals surface area contributed by atoms with Crippen LogP contribution in [-0.2, 0) is 32.3 Å². The van der Waals surface area contributed by atoms with E-state index in [1.165, 1.54) is 84.4 Å². The van der Waals surface area contributed by atoms with Crippen LogP contribution in [0, 0.1) is 33.5 Å². The molecule has 636 valence electrons. The Hall–Kier alpha value is -11.3. The van der Waals surface area contributed by atoms with Crippen molar-refractivity contribution in [1.29, 1.82) is 0 Å². The van der Waals surface area contributed by atoms with Gasteiger partial charge < -0.3 is 37.2 Å². The van der Waals surface area contributed by atoms with E-state index in [9.17, 15) is 9.50 Å². The van der Waals surface area contributed by atoms with Gasteiger partial charge in [-0.25, -0.2) is 44.0 Å². The first kappa shape index (κ1) is 92.0. The highest BCUT2D eigenvalue weighted by molar-refractivity contribution is 7.13. The molecule has 0 saturated heterocycles. The molecule has 121 heavy (non-hydrogen) atoms. The van der Waals surface area contributed by atoms with Gasteiger partial charge in [-0.2, -0.15) is 9.47 Å². The van der Waals surface area contributed by atoms with Crippen LogP contribution < -0.4 is 9.92 Å². The summed E-state index contributed by atoms with van der Waals surface area (Å²) in [6.45, 7) is 50.1. The number of hydrogen-bond donors (Lipinski definition) is 1. The molecule has 0 spiro atoms. The second-order valence-corrected chi connectivity index (χ2v) is 39.6. The van der Waals surface area contributed by atoms with Crippen LogP contribution in [0.25, 0.3) is 49.9 Å². The number of benzene rings is 7. The van der Waals surface area contributed by atoms with Gasteiger partial charge in [0.2, 0.25) is 0 Å². The van der Waals surface area contributed by atoms with E-state index < -0.39 is 8.07 Å². The van der Waals surface area contributed by atoms with Crippen molar-refractivity contribution in [3.05, 3.63) is 311 Å². The number of fused-ring (bicyclic) bond motifs is 2. The molecule has 9 heterocycles. The number of hydrogen-bond acceptors (Lipinski definition) is 12. The summed E-state index contributed by atoms with van der Waals surface area (Å²) in [5.41, 5.74) is 25.7. The number of aliphatic hydroxyl groups excluding tert-OH is 1. The fourth-order valence-electron chi connectivity index (χ4n) is 14.7. The molecule has 1 N–H and O–H groups in total. The number of imidazole rings is 6. The van der Waals surface area contributed by atoms with Crippen molar-refractivity contribution >= 4 is 34.9 Å². The van der Waals surface area contributed by atoms with E-state index in [-0.39, 0.29) is 12.4 Å². The number of halogens is 1. The third-order valence-electron chi connectivity index (χ3n) is 22.1. The highest BCUT2D eigenvalue weighted by atomic mass is 32.1. The lowest BCUT2D eigenvalue weighted by Crippen LogP contribution is -2.40. The Labute approximate surface area is 723 Å². The zero-order valence-electron chi connectivity index (χ0n) is 75.8. The van der Waals surface area contributed by atoms with Gasteiger partial charge in [0.25, 0.3) is 0 Å². The molecule has 15 aromatic rings. The van der Waals surface area contributed by atoms with Gasteiger partial charge >= 0.3 is 0 Å². The molecule has 0 aliphatic carbocycles. The van der Waals surface area contributed by atoms with E-state index in [1.54, 1.807) is 81.5 Å². The molecule has 18 nitrogen and oxygen atoms in total. The Bertz CT molecular complexity index is 5690. The number of nitrogens with zero attached hydrogens (tertiary/aromatic N) is 16. The molecule has 0 radical (unpaired) electrons. The molecule has 0 unspecified atom stereocenters. The first-order chi connectivity index (χ1) is 57.8. The highest BCUT2D eigenvalue weighted by Gasteiger charge is 2.36. The van der Waals surface area contributed by atoms with Crippen molar-refractivity contribution in [2.24, 2.45) is 0 Å². The van der Waals surface area contributed by atoms with Gasteiger partial charge in [-0.05, 0) is 222 Å². The van der Waals surface area contributed by atoms with Gasteiger partial charge in [0.15, 0.2) is 5.82 Å². The molecule has 0 saturated carbocycles. The number of aliphatic hydroxyl groups is 1. The molecule has 21 heteroatoms. The zero-order chi connectivity index (χ0) is 87.5. The fraction of sp³-hybridized carbons (Fsp3) is 0.370. The SMILES string of the molecule is CC(C)c1ccc(-n2ccnc2)c(CO)c1.CCc1cn(-c2ccc(C(C)C)c3c2[Si](C)(C)CC3)cn1.CCc1cn(-c2ccc(C(C)C)c3cnsc23)cn1.CCc1ncn(-c2ccc(C(C)C)cc2OC)n1.Cc1cn(-c2ccc(C(C)C)cc2)cn1.Cc1cn(-c2ccc(C(C)C)cc2C)cn1.Cc1cn(-c2ccc(C(C)C)cc2F)cn1. The number of ether oxygens (including phenoxy) is 1. The maximum absolute atomic E-state index is 13.9. The first-order valence-electron chi connectivity index (χ1n) is 42.8. The van der Waals surface area contributed by atoms with Crippen LogP contribution in [0.4, 0.5) is 4.39 Å². The van der Waals surface area contributed by atoms with E-state index in [1.807, 2.05) is 105 Å². The van der Waals surface area contributed by atoms with E-state index in [0.29, 0.717) is 47.1 Å². The molecule has 1 aliphatic rings. The van der Waals surface area contributed by atoms with Crippen molar-refractivity contribution in [2.45, 2.75) is 238 Å². The normalized spacial score (nSPS) is 12.0. The molecule has 1 aliphatic heterocycles. The molecule has 0 amide bonds. The van der Waals surface area contributed by atoms with Gasteiger partial charge in [-0.3, -0.25) is 0 Å². The van der Waals surface area contributed by atoms with Crippen molar-refractivity contribution in [1.82, 2.24) is 76.4 Å². The predicted molar refractivity (Wildman–Crippen MR) is 500 cm³/mol. The third kappa shape index (κ3) is 23.5. The second kappa shape index (κ2) is 42.3. The molecule has 7 aromatic carbocycles. The minimum Gasteiger partial charge on any atom is -0.494 e. The van der Waals surface area contributed by atoms with Crippen LogP contribution in [0.1, 0.15) is 249 Å². The zero-order valence-corrected chi connectivity index (χ0v) is 77.6. The summed E-state index contributed by atoms with van der Waals surface area (Å²) < 4.78 is 38.8. The first-order valence-corrected chi connectivity index (χ1v) is 46.8. The number of methoxy groups -OCH3 is 1. The van der Waals surface area contributed by atoms with Gasteiger partial charge in [-0.1, -0.05) is 191 Å². The van der Waals surface area contributed by atoms with Crippen LogP contribution in [0.3, 0.4) is 0 Å². The molecule has 0 atom stereocenters. The topological polar surface area (TPSA) is 180 Å². The monoisotopic (exact) mass is 1660 g/mol. The lowest BCUT2D eigenvalue weighted by atomic mass is 9.95. The number of aromatic nitrogens is 16. The Kier molecular flexibility index (Phi) is 32.2. The van der Waals surface area contributed by atoms with Crippen LogP contribution in [0.2, 0.25) is 19.1 Å². The summed E-state index contributed by atoms with van der Waals surface area (Å²) in [6, 6.07) is 43.4. The smallest absolute Gasteiger partial charge is 0.150 e. The van der Waals surface area contributed by atoms with Crippen molar-refractivity contribution < 1.29 is 14.2 Å². The lowest BCUT2D eigenvalue weighted by Gasteiger charge is -2.23. The second-order valence-electron chi connectivity index (χ2n) is 34.0. The quantitative estimate of drug-likeness (QED) is 0.0761. The maximum Gasteiger partial charge on any atom is 0.150 e. The Morgan fingerprint density at radius 2 is 0.942 bits per heavy atom. The van der Waals surface area contributed by atoms with Crippen molar-refractivity contribution in [3.8, 4) is 45.6 Å². The largest absolute Gasteiger partial charge is 0.494 e. The average molecular weight is 1660 g/mol. The molecular formula is C100H127FN16O2SSi. The van der Waals surface area contributed by atoms with Gasteiger partial charge in [0.1, 0.15) is 23.6 Å². The van der Waals surface area contributed by atoms with Crippen molar-refractivity contribution in [3.63, 3.8) is 0 Å². The van der Waals surface area contributed by atoms with Crippen molar-refractivity contribution in [2.75, 3.05) is 7.11 Å². The third-order valence-corrected chi connectivity index (χ3v) is 26.3. The number of rotatable bonds is 19. The Morgan fingerprint density at radius 1 is 0.463 bits per heavy atom. The minimum atomic E-state index is -1.31. The van der Waals surface area contributed by atoms with Crippen LogP contribution >= 0.6 is 11.5 Å². The maximum atomic E-state index is 13.9. The number of aryl methyl sites for hydroxylation is 7. The van der Waals surface area contributed by atoms with Gasteiger partial charge in [0.05, 0.1) is 110 Å². The molecule has 0 fully saturated rings. The summed E-state index contributed by atoms with van der Waals surface area (Å²) in [6.07, 6.45) is 32.6. The van der Waals surface area contributed by atoms with Crippen LogP contribution in [-0.4, -0.2) is 96.7 Å². The summed E-state index contributed by atoms with van der Waals surface area (Å²) in [7, 11) is 0.366. The average Bonchev–Trinajstić information content (AvgIpc) is 1.60. The standard InChI is InChI=1S/C18H26N2Si.C15H17N3S.C14H19N3O.C14H18N2.C13H15FN2.C13H16N2O.C13H16N2/c1-6-14-11-20(12-19-14)17-8-7-15(13(2)3)16-9-10-21(4,5)18(16)17;1-4-11-8-18(9-16-11)14-6-5-12(10(2)3)13-7-17-19-15(13)14;1-5-14-15-9-17(16-14)12-7-6-11(10(2)3)8-13(12)18-4;1-10(2)13-5-6-14(11(3)7-13)16-8-12(4)15-9-16;1-9(2)11-4-5-13(12(14)6-11)16-7-10(3)15-8-16;1-10(2)11-3-4-13(12(7-11)8-16)15-6-5-14-9-15;1-10(2)12-4-6-13(7-5-12)15-8-11(3)14-9-15/h7-8,11-13H,6,9-10H2,1-5H3;5-10H,4H2,1-3H3;6-10H,5H2,1-4H3;5-10H,1-4H3;4-9H,1-3H3;3-7,9-10,16H,8H2,1-2H3;4-10H,1-3H3. The molecule has 0 bridgehead atoms. The summed E-state index contributed by atoms with van der Waals surface area (Å²) >= 11 is 1.56.